The van der Waals surface area contributed by atoms with Gasteiger partial charge in [-0.2, -0.15) is 0 Å². The van der Waals surface area contributed by atoms with E-state index in [9.17, 15) is 0 Å². The van der Waals surface area contributed by atoms with Crippen LogP contribution in [0.5, 0.6) is 0 Å². The fourth-order valence-corrected chi connectivity index (χ4v) is 3.89. The van der Waals surface area contributed by atoms with Crippen LogP contribution in [0.4, 0.5) is 0 Å². The number of hydrogen-bond acceptors (Lipinski definition) is 6. The molecule has 0 aromatic heterocycles. The first-order valence-corrected chi connectivity index (χ1v) is 9.05. The van der Waals surface area contributed by atoms with Gasteiger partial charge in [-0.3, -0.25) is 0 Å². The standard InChI is InChI=1S/C18H32O6/c1-8-9-11-13(22-17(4,5)20-11)15-14(23-18(6,7)24-15)12-10-19-16(2,3)21-12/h11-15H,8-10H2,1-7H3/t11-,12+,13-,14+,15+/m0/s1. The molecule has 0 N–H and O–H groups in total. The highest BCUT2D eigenvalue weighted by Gasteiger charge is 2.57. The third-order valence-corrected chi connectivity index (χ3v) is 4.68. The lowest BCUT2D eigenvalue weighted by atomic mass is 9.97. The summed E-state index contributed by atoms with van der Waals surface area (Å²) in [5.41, 5.74) is 0. The minimum absolute atomic E-state index is 0.00895. The third kappa shape index (κ3) is 3.79. The summed E-state index contributed by atoms with van der Waals surface area (Å²) in [6, 6.07) is 0. The Kier molecular flexibility index (Phi) is 4.78. The minimum atomic E-state index is -0.682. The SMILES string of the molecule is CCC[C@@H]1OC(C)(C)O[C@@H]1[C@H]1OC(C)(C)O[C@@H]1[C@H]1COC(C)(C)O1. The van der Waals surface area contributed by atoms with Crippen molar-refractivity contribution in [3.8, 4) is 0 Å². The highest BCUT2D eigenvalue weighted by Crippen LogP contribution is 2.42. The van der Waals surface area contributed by atoms with Crippen molar-refractivity contribution in [1.29, 1.82) is 0 Å². The first-order chi connectivity index (χ1) is 11.0. The molecule has 5 atom stereocenters. The summed E-state index contributed by atoms with van der Waals surface area (Å²) < 4.78 is 36.5. The monoisotopic (exact) mass is 344 g/mol. The molecule has 6 heteroatoms. The average molecular weight is 344 g/mol. The summed E-state index contributed by atoms with van der Waals surface area (Å²) in [4.78, 5) is 0. The summed E-state index contributed by atoms with van der Waals surface area (Å²) in [6.45, 7) is 14.2. The van der Waals surface area contributed by atoms with Crippen LogP contribution in [0.15, 0.2) is 0 Å². The number of hydrogen-bond donors (Lipinski definition) is 0. The Morgan fingerprint density at radius 2 is 1.29 bits per heavy atom. The molecule has 0 aliphatic carbocycles. The van der Waals surface area contributed by atoms with Crippen LogP contribution < -0.4 is 0 Å². The van der Waals surface area contributed by atoms with Gasteiger partial charge < -0.3 is 28.4 Å². The third-order valence-electron chi connectivity index (χ3n) is 4.68. The summed E-state index contributed by atoms with van der Waals surface area (Å²) >= 11 is 0. The van der Waals surface area contributed by atoms with Gasteiger partial charge in [-0.15, -0.1) is 0 Å². The number of ether oxygens (including phenoxy) is 6. The van der Waals surface area contributed by atoms with Gasteiger partial charge in [0.25, 0.3) is 0 Å². The summed E-state index contributed by atoms with van der Waals surface area (Å²) in [5, 5.41) is 0. The Labute approximate surface area is 145 Å². The molecule has 24 heavy (non-hydrogen) atoms. The van der Waals surface area contributed by atoms with E-state index in [1.165, 1.54) is 0 Å². The Bertz CT molecular complexity index is 460. The minimum Gasteiger partial charge on any atom is -0.348 e. The maximum absolute atomic E-state index is 6.23. The van der Waals surface area contributed by atoms with Crippen molar-refractivity contribution >= 4 is 0 Å². The Hall–Kier alpha value is -0.240. The molecule has 3 aliphatic rings. The lowest BCUT2D eigenvalue weighted by Crippen LogP contribution is -2.47. The molecule has 3 heterocycles. The van der Waals surface area contributed by atoms with E-state index in [-0.39, 0.29) is 30.5 Å². The van der Waals surface area contributed by atoms with E-state index in [2.05, 4.69) is 6.92 Å². The lowest BCUT2D eigenvalue weighted by molar-refractivity contribution is -0.178. The molecule has 0 unspecified atom stereocenters. The molecule has 3 fully saturated rings. The van der Waals surface area contributed by atoms with Gasteiger partial charge >= 0.3 is 0 Å². The predicted octanol–water partition coefficient (Wildman–Crippen LogP) is 2.98. The maximum atomic E-state index is 6.23. The van der Waals surface area contributed by atoms with Gasteiger partial charge in [0.2, 0.25) is 0 Å². The molecule has 0 aromatic carbocycles. The van der Waals surface area contributed by atoms with Crippen molar-refractivity contribution in [1.82, 2.24) is 0 Å². The van der Waals surface area contributed by atoms with E-state index >= 15 is 0 Å². The van der Waals surface area contributed by atoms with Crippen molar-refractivity contribution in [2.45, 2.75) is 109 Å². The molecular weight excluding hydrogens is 312 g/mol. The van der Waals surface area contributed by atoms with E-state index < -0.39 is 17.4 Å². The van der Waals surface area contributed by atoms with Gasteiger partial charge in [-0.25, -0.2) is 0 Å². The summed E-state index contributed by atoms with van der Waals surface area (Å²) in [6.07, 6.45) is 1.09. The topological polar surface area (TPSA) is 55.4 Å². The van der Waals surface area contributed by atoms with Gasteiger partial charge in [0, 0.05) is 0 Å². The van der Waals surface area contributed by atoms with Crippen LogP contribution in [0.25, 0.3) is 0 Å². The van der Waals surface area contributed by atoms with E-state index in [0.717, 1.165) is 12.8 Å². The fraction of sp³-hybridized carbons (Fsp3) is 1.00. The average Bonchev–Trinajstić information content (AvgIpc) is 3.03. The molecule has 0 saturated carbocycles. The second-order valence-electron chi connectivity index (χ2n) is 8.36. The van der Waals surface area contributed by atoms with Crippen molar-refractivity contribution < 1.29 is 28.4 Å². The molecule has 0 spiro atoms. The van der Waals surface area contributed by atoms with Crippen molar-refractivity contribution in [3.63, 3.8) is 0 Å². The largest absolute Gasteiger partial charge is 0.348 e. The molecule has 0 radical (unpaired) electrons. The van der Waals surface area contributed by atoms with E-state index in [0.29, 0.717) is 6.61 Å². The van der Waals surface area contributed by atoms with Crippen LogP contribution in [0.2, 0.25) is 0 Å². The van der Waals surface area contributed by atoms with Crippen LogP contribution in [0.3, 0.4) is 0 Å². The number of rotatable bonds is 4. The molecule has 3 saturated heterocycles. The van der Waals surface area contributed by atoms with Crippen LogP contribution in [0, 0.1) is 0 Å². The molecule has 0 bridgehead atoms. The van der Waals surface area contributed by atoms with Crippen molar-refractivity contribution in [2.24, 2.45) is 0 Å². The lowest BCUT2D eigenvalue weighted by Gasteiger charge is -2.28. The fourth-order valence-electron chi connectivity index (χ4n) is 3.89. The zero-order chi connectivity index (χ0) is 17.8. The Morgan fingerprint density at radius 3 is 1.88 bits per heavy atom. The molecular formula is C18H32O6. The Morgan fingerprint density at radius 1 is 0.708 bits per heavy atom. The summed E-state index contributed by atoms with van der Waals surface area (Å²) in [5.74, 6) is -1.89. The zero-order valence-corrected chi connectivity index (χ0v) is 16.0. The van der Waals surface area contributed by atoms with Gasteiger partial charge in [0.05, 0.1) is 12.7 Å². The molecule has 3 rings (SSSR count). The second-order valence-corrected chi connectivity index (χ2v) is 8.36. The van der Waals surface area contributed by atoms with Gasteiger partial charge in [0.1, 0.15) is 24.4 Å². The van der Waals surface area contributed by atoms with E-state index in [1.807, 2.05) is 41.5 Å². The molecule has 140 valence electrons. The van der Waals surface area contributed by atoms with Crippen molar-refractivity contribution in [2.75, 3.05) is 6.61 Å². The molecule has 0 amide bonds. The maximum Gasteiger partial charge on any atom is 0.164 e. The van der Waals surface area contributed by atoms with Crippen LogP contribution in [0.1, 0.15) is 61.3 Å². The normalized spacial score (nSPS) is 43.4. The zero-order valence-electron chi connectivity index (χ0n) is 16.0. The summed E-state index contributed by atoms with van der Waals surface area (Å²) in [7, 11) is 0. The Balaban J connectivity index is 1.81. The predicted molar refractivity (Wildman–Crippen MR) is 87.5 cm³/mol. The van der Waals surface area contributed by atoms with Gasteiger partial charge in [-0.05, 0) is 48.0 Å². The van der Waals surface area contributed by atoms with E-state index in [4.69, 9.17) is 28.4 Å². The first-order valence-electron chi connectivity index (χ1n) is 9.05. The van der Waals surface area contributed by atoms with Gasteiger partial charge in [-0.1, -0.05) is 13.3 Å². The van der Waals surface area contributed by atoms with Gasteiger partial charge in [0.15, 0.2) is 17.4 Å². The smallest absolute Gasteiger partial charge is 0.164 e. The first kappa shape index (κ1) is 18.5. The van der Waals surface area contributed by atoms with Crippen molar-refractivity contribution in [3.05, 3.63) is 0 Å². The second kappa shape index (κ2) is 6.18. The van der Waals surface area contributed by atoms with Crippen LogP contribution >= 0.6 is 0 Å². The van der Waals surface area contributed by atoms with E-state index in [1.54, 1.807) is 0 Å². The molecule has 6 nitrogen and oxygen atoms in total. The van der Waals surface area contributed by atoms with Crippen LogP contribution in [-0.4, -0.2) is 54.5 Å². The van der Waals surface area contributed by atoms with Crippen LogP contribution in [-0.2, 0) is 28.4 Å². The highest BCUT2D eigenvalue weighted by molar-refractivity contribution is 4.99. The molecule has 0 aromatic rings. The quantitative estimate of drug-likeness (QED) is 0.781. The molecule has 3 aliphatic heterocycles. The highest BCUT2D eigenvalue weighted by atomic mass is 16.8.